The summed E-state index contributed by atoms with van der Waals surface area (Å²) in [5, 5.41) is 15.8. The lowest BCUT2D eigenvalue weighted by Gasteiger charge is -2.13. The molecule has 1 aliphatic heterocycles. The number of hydrogen-bond acceptors (Lipinski definition) is 5. The van der Waals surface area contributed by atoms with Gasteiger partial charge in [0.25, 0.3) is 11.8 Å². The number of benzene rings is 1. The molecule has 8 nitrogen and oxygen atoms in total. The molecule has 8 heteroatoms. The van der Waals surface area contributed by atoms with Gasteiger partial charge in [0.1, 0.15) is 5.75 Å². The van der Waals surface area contributed by atoms with Crippen molar-refractivity contribution in [3.05, 3.63) is 46.8 Å². The van der Waals surface area contributed by atoms with Crippen LogP contribution in [-0.2, 0) is 13.0 Å². The third kappa shape index (κ3) is 3.97. The zero-order chi connectivity index (χ0) is 17.6. The fourth-order valence-electron chi connectivity index (χ4n) is 2.69. The second-order valence-electron chi connectivity index (χ2n) is 5.70. The van der Waals surface area contributed by atoms with Gasteiger partial charge in [0, 0.05) is 49.4 Å². The molecule has 1 aromatic heterocycles. The number of ether oxygens (including phenoxy) is 1. The zero-order valence-corrected chi connectivity index (χ0v) is 14.0. The summed E-state index contributed by atoms with van der Waals surface area (Å²) in [5.74, 6) is 0.263. The first-order valence-electron chi connectivity index (χ1n) is 8.16. The lowest BCUT2D eigenvalue weighted by atomic mass is 10.1. The van der Waals surface area contributed by atoms with Gasteiger partial charge < -0.3 is 20.7 Å². The zero-order valence-electron chi connectivity index (χ0n) is 14.0. The second-order valence-corrected chi connectivity index (χ2v) is 5.70. The van der Waals surface area contributed by atoms with E-state index in [1.165, 1.54) is 0 Å². The van der Waals surface area contributed by atoms with E-state index < -0.39 is 0 Å². The van der Waals surface area contributed by atoms with E-state index in [-0.39, 0.29) is 11.8 Å². The number of nitrogens with zero attached hydrogens (tertiary/aromatic N) is 1. The van der Waals surface area contributed by atoms with Crippen molar-refractivity contribution >= 4 is 11.8 Å². The Morgan fingerprint density at radius 3 is 2.60 bits per heavy atom. The predicted molar refractivity (Wildman–Crippen MR) is 91.7 cm³/mol. The maximum absolute atomic E-state index is 12.2. The van der Waals surface area contributed by atoms with Crippen LogP contribution in [0.2, 0.25) is 0 Å². The minimum Gasteiger partial charge on any atom is -0.497 e. The van der Waals surface area contributed by atoms with Gasteiger partial charge in [-0.25, -0.2) is 0 Å². The summed E-state index contributed by atoms with van der Waals surface area (Å²) in [4.78, 5) is 24.2. The number of fused-ring (bicyclic) bond motifs is 1. The lowest BCUT2D eigenvalue weighted by Crippen LogP contribution is -2.35. The Balaban J connectivity index is 1.45. The summed E-state index contributed by atoms with van der Waals surface area (Å²) in [5.41, 5.74) is 2.89. The minimum atomic E-state index is -0.236. The van der Waals surface area contributed by atoms with Crippen LogP contribution < -0.4 is 20.7 Å². The van der Waals surface area contributed by atoms with E-state index in [4.69, 9.17) is 4.74 Å². The van der Waals surface area contributed by atoms with Crippen LogP contribution in [0.15, 0.2) is 24.3 Å². The topological polar surface area (TPSA) is 108 Å². The highest BCUT2D eigenvalue weighted by Crippen LogP contribution is 2.15. The van der Waals surface area contributed by atoms with Crippen molar-refractivity contribution in [1.82, 2.24) is 26.1 Å². The van der Waals surface area contributed by atoms with Crippen molar-refractivity contribution in [2.45, 2.75) is 13.0 Å². The molecule has 25 heavy (non-hydrogen) atoms. The number of nitrogens with one attached hydrogen (secondary N) is 4. The van der Waals surface area contributed by atoms with E-state index in [0.717, 1.165) is 24.2 Å². The molecule has 0 saturated carbocycles. The molecule has 0 spiro atoms. The van der Waals surface area contributed by atoms with E-state index in [1.54, 1.807) is 31.4 Å². The van der Waals surface area contributed by atoms with Crippen molar-refractivity contribution in [3.8, 4) is 5.75 Å². The molecule has 0 saturated heterocycles. The molecule has 0 unspecified atom stereocenters. The summed E-state index contributed by atoms with van der Waals surface area (Å²) < 4.78 is 5.06. The van der Waals surface area contributed by atoms with Gasteiger partial charge in [-0.1, -0.05) is 0 Å². The first-order chi connectivity index (χ1) is 12.2. The van der Waals surface area contributed by atoms with Crippen molar-refractivity contribution < 1.29 is 14.3 Å². The van der Waals surface area contributed by atoms with E-state index in [1.807, 2.05) is 0 Å². The molecule has 1 aromatic carbocycles. The molecule has 1 aliphatic rings. The van der Waals surface area contributed by atoms with Gasteiger partial charge in [0.05, 0.1) is 7.11 Å². The molecule has 0 fully saturated rings. The highest BCUT2D eigenvalue weighted by molar-refractivity contribution is 5.95. The Labute approximate surface area is 145 Å². The molecule has 0 atom stereocenters. The van der Waals surface area contributed by atoms with Crippen molar-refractivity contribution in [2.75, 3.05) is 26.7 Å². The minimum absolute atomic E-state index is 0.196. The van der Waals surface area contributed by atoms with Crippen LogP contribution >= 0.6 is 0 Å². The quantitative estimate of drug-likeness (QED) is 0.561. The molecular weight excluding hydrogens is 322 g/mol. The monoisotopic (exact) mass is 343 g/mol. The highest BCUT2D eigenvalue weighted by atomic mass is 16.5. The summed E-state index contributed by atoms with van der Waals surface area (Å²) in [6, 6.07) is 6.84. The number of hydrogen-bond donors (Lipinski definition) is 4. The molecule has 3 rings (SSSR count). The predicted octanol–water partition coefficient (Wildman–Crippen LogP) is 0.224. The van der Waals surface area contributed by atoms with Gasteiger partial charge in [-0.2, -0.15) is 5.10 Å². The molecule has 0 radical (unpaired) electrons. The number of carbonyl (C=O) groups is 2. The number of methoxy groups -OCH3 is 1. The average Bonchev–Trinajstić information content (AvgIpc) is 3.09. The number of carbonyl (C=O) groups excluding carboxylic acids is 2. The summed E-state index contributed by atoms with van der Waals surface area (Å²) >= 11 is 0. The van der Waals surface area contributed by atoms with E-state index in [0.29, 0.717) is 36.6 Å². The largest absolute Gasteiger partial charge is 0.497 e. The van der Waals surface area contributed by atoms with Gasteiger partial charge in [0.15, 0.2) is 5.69 Å². The van der Waals surface area contributed by atoms with Gasteiger partial charge in [-0.05, 0) is 24.3 Å². The number of H-pyrrole nitrogens is 1. The van der Waals surface area contributed by atoms with Gasteiger partial charge >= 0.3 is 0 Å². The van der Waals surface area contributed by atoms with E-state index in [2.05, 4.69) is 26.1 Å². The molecule has 4 N–H and O–H groups in total. The van der Waals surface area contributed by atoms with Gasteiger partial charge in [-0.3, -0.25) is 14.7 Å². The SMILES string of the molecule is COc1ccc(C(=O)NCCNC(=O)c2n[nH]c3c2CNCC3)cc1. The third-order valence-electron chi connectivity index (χ3n) is 4.07. The maximum Gasteiger partial charge on any atom is 0.272 e. The fraction of sp³-hybridized carbons (Fsp3) is 0.353. The first-order valence-corrected chi connectivity index (χ1v) is 8.16. The van der Waals surface area contributed by atoms with Crippen LogP contribution in [-0.4, -0.2) is 48.8 Å². The second kappa shape index (κ2) is 7.80. The lowest BCUT2D eigenvalue weighted by molar-refractivity contribution is 0.0924. The molecular formula is C17H21N5O3. The van der Waals surface area contributed by atoms with Crippen LogP contribution in [0.4, 0.5) is 0 Å². The van der Waals surface area contributed by atoms with E-state index >= 15 is 0 Å². The number of aromatic amines is 1. The number of amides is 2. The maximum atomic E-state index is 12.2. The Bertz CT molecular complexity index is 754. The molecule has 132 valence electrons. The van der Waals surface area contributed by atoms with Crippen molar-refractivity contribution in [3.63, 3.8) is 0 Å². The standard InChI is InChI=1S/C17H21N5O3/c1-25-12-4-2-11(3-5-12)16(23)19-8-9-20-17(24)15-13-10-18-7-6-14(13)21-22-15/h2-5,18H,6-10H2,1H3,(H,19,23)(H,20,24)(H,21,22). The van der Waals surface area contributed by atoms with Crippen LogP contribution in [0.1, 0.15) is 32.1 Å². The Kier molecular flexibility index (Phi) is 5.30. The Morgan fingerprint density at radius 1 is 1.16 bits per heavy atom. The summed E-state index contributed by atoms with van der Waals surface area (Å²) in [6.45, 7) is 2.19. The smallest absolute Gasteiger partial charge is 0.272 e. The first kappa shape index (κ1) is 17.0. The van der Waals surface area contributed by atoms with Crippen LogP contribution in [0.3, 0.4) is 0 Å². The number of aromatic nitrogens is 2. The fourth-order valence-corrected chi connectivity index (χ4v) is 2.69. The van der Waals surface area contributed by atoms with Crippen LogP contribution in [0.25, 0.3) is 0 Å². The Hall–Kier alpha value is -2.87. The highest BCUT2D eigenvalue weighted by Gasteiger charge is 2.21. The molecule has 2 heterocycles. The molecule has 0 aliphatic carbocycles. The van der Waals surface area contributed by atoms with Crippen LogP contribution in [0, 0.1) is 0 Å². The summed E-state index contributed by atoms with van der Waals surface area (Å²) in [7, 11) is 1.57. The summed E-state index contributed by atoms with van der Waals surface area (Å²) in [6.07, 6.45) is 0.841. The third-order valence-corrected chi connectivity index (χ3v) is 4.07. The van der Waals surface area contributed by atoms with Crippen molar-refractivity contribution in [1.29, 1.82) is 0 Å². The molecule has 2 aromatic rings. The normalized spacial score (nSPS) is 13.0. The Morgan fingerprint density at radius 2 is 1.88 bits per heavy atom. The number of rotatable bonds is 6. The van der Waals surface area contributed by atoms with Crippen LogP contribution in [0.5, 0.6) is 5.75 Å². The molecule has 2 amide bonds. The van der Waals surface area contributed by atoms with Gasteiger partial charge in [0.2, 0.25) is 0 Å². The van der Waals surface area contributed by atoms with E-state index in [9.17, 15) is 9.59 Å². The average molecular weight is 343 g/mol. The van der Waals surface area contributed by atoms with Crippen molar-refractivity contribution in [2.24, 2.45) is 0 Å². The van der Waals surface area contributed by atoms with Gasteiger partial charge in [-0.15, -0.1) is 0 Å². The molecule has 0 bridgehead atoms.